The number of nitrogens with zero attached hydrogens (tertiary/aromatic N) is 3. The van der Waals surface area contributed by atoms with Gasteiger partial charge < -0.3 is 19.9 Å². The largest absolute Gasteiger partial charge is 0.379 e. The van der Waals surface area contributed by atoms with Crippen molar-refractivity contribution in [3.63, 3.8) is 0 Å². The highest BCUT2D eigenvalue weighted by Crippen LogP contribution is 2.31. The van der Waals surface area contributed by atoms with E-state index in [1.807, 2.05) is 12.1 Å². The number of morpholine rings is 1. The van der Waals surface area contributed by atoms with Gasteiger partial charge in [-0.1, -0.05) is 18.2 Å². The third kappa shape index (κ3) is 3.87. The Morgan fingerprint density at radius 2 is 1.88 bits per heavy atom. The molecule has 1 aromatic rings. The van der Waals surface area contributed by atoms with Gasteiger partial charge in [0.05, 0.1) is 13.2 Å². The van der Waals surface area contributed by atoms with Crippen LogP contribution in [0.15, 0.2) is 24.3 Å². The van der Waals surface area contributed by atoms with Crippen molar-refractivity contribution in [1.29, 1.82) is 0 Å². The third-order valence-corrected chi connectivity index (χ3v) is 5.98. The zero-order valence-corrected chi connectivity index (χ0v) is 15.7. The van der Waals surface area contributed by atoms with E-state index in [2.05, 4.69) is 39.2 Å². The highest BCUT2D eigenvalue weighted by atomic mass is 16.5. The number of fused-ring (bicyclic) bond motifs is 2. The van der Waals surface area contributed by atoms with Gasteiger partial charge in [-0.2, -0.15) is 0 Å². The van der Waals surface area contributed by atoms with Gasteiger partial charge in [0, 0.05) is 44.0 Å². The molecule has 0 unspecified atom stereocenters. The maximum Gasteiger partial charge on any atom is 0.322 e. The Kier molecular flexibility index (Phi) is 5.43. The molecule has 3 heterocycles. The van der Waals surface area contributed by atoms with Crippen LogP contribution < -0.4 is 5.32 Å². The molecule has 26 heavy (non-hydrogen) atoms. The first-order valence-corrected chi connectivity index (χ1v) is 9.86. The molecule has 1 N–H and O–H groups in total. The van der Waals surface area contributed by atoms with Crippen LogP contribution in [0.2, 0.25) is 0 Å². The fourth-order valence-corrected chi connectivity index (χ4v) is 4.54. The minimum Gasteiger partial charge on any atom is -0.379 e. The Hall–Kier alpha value is -1.63. The van der Waals surface area contributed by atoms with E-state index in [0.717, 1.165) is 70.9 Å². The van der Waals surface area contributed by atoms with Crippen molar-refractivity contribution in [1.82, 2.24) is 14.7 Å². The molecule has 0 radical (unpaired) electrons. The first kappa shape index (κ1) is 17.8. The van der Waals surface area contributed by atoms with E-state index in [-0.39, 0.29) is 6.03 Å². The molecule has 2 amide bonds. The lowest BCUT2D eigenvalue weighted by Crippen LogP contribution is -2.45. The van der Waals surface area contributed by atoms with Gasteiger partial charge >= 0.3 is 6.03 Å². The van der Waals surface area contributed by atoms with Gasteiger partial charge in [0.15, 0.2) is 0 Å². The van der Waals surface area contributed by atoms with Gasteiger partial charge in [-0.05, 0) is 44.5 Å². The van der Waals surface area contributed by atoms with E-state index >= 15 is 0 Å². The van der Waals surface area contributed by atoms with Crippen molar-refractivity contribution < 1.29 is 9.53 Å². The van der Waals surface area contributed by atoms with Gasteiger partial charge in [0.2, 0.25) is 0 Å². The number of urea groups is 1. The molecule has 3 aliphatic rings. The summed E-state index contributed by atoms with van der Waals surface area (Å²) in [5, 5.41) is 3.22. The summed E-state index contributed by atoms with van der Waals surface area (Å²) in [4.78, 5) is 20.0. The lowest BCUT2D eigenvalue weighted by atomic mass is 10.1. The monoisotopic (exact) mass is 358 g/mol. The van der Waals surface area contributed by atoms with Gasteiger partial charge in [0.1, 0.15) is 0 Å². The lowest BCUT2D eigenvalue weighted by molar-refractivity contribution is 0.0342. The molecule has 1 aromatic carbocycles. The van der Waals surface area contributed by atoms with Crippen LogP contribution in [0.1, 0.15) is 24.8 Å². The molecular weight excluding hydrogens is 328 g/mol. The van der Waals surface area contributed by atoms with Crippen LogP contribution in [-0.2, 0) is 11.3 Å². The Labute approximate surface area is 156 Å². The van der Waals surface area contributed by atoms with E-state index in [9.17, 15) is 4.79 Å². The summed E-state index contributed by atoms with van der Waals surface area (Å²) < 4.78 is 5.44. The molecule has 2 atom stereocenters. The maximum atomic E-state index is 13.1. The second-order valence-corrected chi connectivity index (χ2v) is 7.82. The summed E-state index contributed by atoms with van der Waals surface area (Å²) in [7, 11) is 2.16. The number of hydrogen-bond donors (Lipinski definition) is 1. The molecule has 0 aliphatic carbocycles. The smallest absolute Gasteiger partial charge is 0.322 e. The summed E-state index contributed by atoms with van der Waals surface area (Å²) in [6.07, 6.45) is 3.34. The fraction of sp³-hybridized carbons (Fsp3) is 0.650. The minimum atomic E-state index is 0.0715. The summed E-state index contributed by atoms with van der Waals surface area (Å²) in [6, 6.07) is 9.01. The van der Waals surface area contributed by atoms with Crippen LogP contribution in [0.25, 0.3) is 0 Å². The molecule has 0 saturated carbocycles. The number of rotatable bonds is 3. The maximum absolute atomic E-state index is 13.1. The number of nitrogens with one attached hydrogen (secondary N) is 1. The van der Waals surface area contributed by atoms with Crippen molar-refractivity contribution in [2.45, 2.75) is 37.9 Å². The molecule has 142 valence electrons. The summed E-state index contributed by atoms with van der Waals surface area (Å²) in [5.74, 6) is 0. The number of ether oxygens (including phenoxy) is 1. The zero-order valence-electron chi connectivity index (χ0n) is 15.7. The van der Waals surface area contributed by atoms with Crippen molar-refractivity contribution >= 4 is 11.7 Å². The van der Waals surface area contributed by atoms with Crippen LogP contribution in [0.3, 0.4) is 0 Å². The Morgan fingerprint density at radius 1 is 1.12 bits per heavy atom. The molecule has 3 fully saturated rings. The van der Waals surface area contributed by atoms with Crippen LogP contribution >= 0.6 is 0 Å². The van der Waals surface area contributed by atoms with Crippen molar-refractivity contribution in [3.05, 3.63) is 29.8 Å². The number of para-hydroxylation sites is 1. The first-order valence-electron chi connectivity index (χ1n) is 9.86. The number of amides is 2. The lowest BCUT2D eigenvalue weighted by Gasteiger charge is -2.30. The third-order valence-electron chi connectivity index (χ3n) is 5.98. The number of anilines is 1. The number of carbonyl (C=O) groups excluding carboxylic acids is 1. The van der Waals surface area contributed by atoms with Gasteiger partial charge in [-0.3, -0.25) is 4.90 Å². The number of hydrogen-bond acceptors (Lipinski definition) is 4. The quantitative estimate of drug-likeness (QED) is 0.900. The van der Waals surface area contributed by atoms with E-state index in [0.29, 0.717) is 12.1 Å². The van der Waals surface area contributed by atoms with Gasteiger partial charge in [-0.15, -0.1) is 0 Å². The fourth-order valence-electron chi connectivity index (χ4n) is 4.54. The standard InChI is InChI=1S/C20H30N4O2/c1-22-9-8-17-6-7-18(15-22)24(17)20(25)21-19-5-3-2-4-16(19)14-23-10-12-26-13-11-23/h2-5,17-18H,6-15H2,1H3,(H,21,25)/t17-,18+/m1/s1. The average molecular weight is 358 g/mol. The topological polar surface area (TPSA) is 48.0 Å². The molecule has 6 heteroatoms. The number of likely N-dealkylation sites (tertiary alicyclic amines) is 1. The predicted octanol–water partition coefficient (Wildman–Crippen LogP) is 2.22. The molecular formula is C20H30N4O2. The molecule has 3 aliphatic heterocycles. The highest BCUT2D eigenvalue weighted by Gasteiger charge is 2.39. The Bertz CT molecular complexity index is 632. The van der Waals surface area contributed by atoms with Gasteiger partial charge in [-0.25, -0.2) is 4.79 Å². The van der Waals surface area contributed by atoms with Crippen LogP contribution in [0.4, 0.5) is 10.5 Å². The van der Waals surface area contributed by atoms with E-state index in [4.69, 9.17) is 4.74 Å². The molecule has 0 aromatic heterocycles. The summed E-state index contributed by atoms with van der Waals surface area (Å²) >= 11 is 0. The first-order chi connectivity index (χ1) is 12.7. The SMILES string of the molecule is CN1CC[C@H]2CC[C@@H](C1)N2C(=O)Nc1ccccc1CN1CCOCC1. The molecule has 3 saturated heterocycles. The van der Waals surface area contributed by atoms with Crippen molar-refractivity contribution in [3.8, 4) is 0 Å². The molecule has 6 nitrogen and oxygen atoms in total. The van der Waals surface area contributed by atoms with Crippen LogP contribution in [-0.4, -0.2) is 79.3 Å². The predicted molar refractivity (Wildman–Crippen MR) is 102 cm³/mol. The molecule has 4 rings (SSSR count). The molecule has 2 bridgehead atoms. The van der Waals surface area contributed by atoms with Crippen molar-refractivity contribution in [2.24, 2.45) is 0 Å². The Morgan fingerprint density at radius 3 is 2.73 bits per heavy atom. The second kappa shape index (κ2) is 7.94. The second-order valence-electron chi connectivity index (χ2n) is 7.82. The number of carbonyl (C=O) groups is 1. The van der Waals surface area contributed by atoms with Crippen LogP contribution in [0.5, 0.6) is 0 Å². The summed E-state index contributed by atoms with van der Waals surface area (Å²) in [6.45, 7) is 6.40. The zero-order chi connectivity index (χ0) is 17.9. The Balaban J connectivity index is 1.46. The van der Waals surface area contributed by atoms with Crippen LogP contribution in [0, 0.1) is 0 Å². The van der Waals surface area contributed by atoms with E-state index in [1.165, 1.54) is 5.56 Å². The number of benzene rings is 1. The van der Waals surface area contributed by atoms with Crippen molar-refractivity contribution in [2.75, 3.05) is 51.8 Å². The highest BCUT2D eigenvalue weighted by molar-refractivity contribution is 5.90. The average Bonchev–Trinajstić information content (AvgIpc) is 2.96. The molecule has 0 spiro atoms. The minimum absolute atomic E-state index is 0.0715. The number of likely N-dealkylation sites (N-methyl/N-ethyl adjacent to an activating group) is 1. The normalized spacial score (nSPS) is 27.3. The van der Waals surface area contributed by atoms with E-state index in [1.54, 1.807) is 0 Å². The van der Waals surface area contributed by atoms with Gasteiger partial charge in [0.25, 0.3) is 0 Å². The van der Waals surface area contributed by atoms with E-state index < -0.39 is 0 Å². The summed E-state index contributed by atoms with van der Waals surface area (Å²) in [5.41, 5.74) is 2.13.